The van der Waals surface area contributed by atoms with E-state index in [9.17, 15) is 18.0 Å². The molecule has 0 fully saturated rings. The maximum atomic E-state index is 12.7. The fraction of sp³-hybridized carbons (Fsp3) is 0.375. The quantitative estimate of drug-likeness (QED) is 0.825. The summed E-state index contributed by atoms with van der Waals surface area (Å²) in [5, 5.41) is 2.86. The Balaban J connectivity index is 3.33. The molecule has 1 aromatic heterocycles. The lowest BCUT2D eigenvalue weighted by Crippen LogP contribution is -2.28. The summed E-state index contributed by atoms with van der Waals surface area (Å²) in [6, 6.07) is -1.34. The minimum atomic E-state index is -4.80. The Kier molecular flexibility index (Phi) is 3.71. The van der Waals surface area contributed by atoms with Gasteiger partial charge in [-0.2, -0.15) is 23.0 Å². The monoisotopic (exact) mass is 267 g/mol. The number of nitrogens with two attached hydrogens (primary N) is 1. The van der Waals surface area contributed by atoms with E-state index in [1.807, 2.05) is 0 Å². The molecule has 0 aliphatic heterocycles. The van der Waals surface area contributed by atoms with Gasteiger partial charge in [-0.3, -0.25) is 0 Å². The summed E-state index contributed by atoms with van der Waals surface area (Å²) in [7, 11) is 0. The van der Waals surface area contributed by atoms with Crippen LogP contribution in [0.4, 0.5) is 18.0 Å². The third-order valence-electron chi connectivity index (χ3n) is 1.74. The van der Waals surface area contributed by atoms with Crippen molar-refractivity contribution in [2.75, 3.05) is 6.61 Å². The number of primary amides is 1. The fourth-order valence-electron chi connectivity index (χ4n) is 1.15. The van der Waals surface area contributed by atoms with E-state index >= 15 is 0 Å². The molecule has 0 saturated carbocycles. The minimum Gasteiger partial charge on any atom is -0.483 e. The molecule has 0 bridgehead atoms. The molecular formula is C8H8F3N3O2S. The largest absolute Gasteiger partial charge is 0.483 e. The zero-order valence-corrected chi connectivity index (χ0v) is 9.43. The molecule has 1 rings (SSSR count). The molecule has 1 aromatic rings. The average Bonchev–Trinajstić information content (AvgIpc) is 2.61. The van der Waals surface area contributed by atoms with Crippen LogP contribution in [-0.4, -0.2) is 27.5 Å². The number of alkyl halides is 3. The number of hydrogen-bond acceptors (Lipinski definition) is 4. The minimum absolute atomic E-state index is 0.0423. The van der Waals surface area contributed by atoms with E-state index in [2.05, 4.69) is 17.3 Å². The summed E-state index contributed by atoms with van der Waals surface area (Å²) in [6.07, 6.45) is -4.01. The van der Waals surface area contributed by atoms with Crippen molar-refractivity contribution < 1.29 is 22.7 Å². The first-order chi connectivity index (χ1) is 7.79. The zero-order chi connectivity index (χ0) is 13.2. The highest BCUT2D eigenvalue weighted by atomic mass is 32.1. The number of ether oxygens (including phenoxy) is 1. The van der Waals surface area contributed by atoms with Crippen LogP contribution in [-0.2, 0) is 10.9 Å². The second kappa shape index (κ2) is 4.70. The fourth-order valence-corrected chi connectivity index (χ4v) is 1.41. The molecule has 94 valence electrons. The van der Waals surface area contributed by atoms with E-state index in [4.69, 9.17) is 10.5 Å². The summed E-state index contributed by atoms with van der Waals surface area (Å²) < 4.78 is 43.0. The third-order valence-corrected chi connectivity index (χ3v) is 2.08. The molecule has 0 aromatic carbocycles. The molecule has 1 heterocycles. The standard InChI is InChI=1S/C8H8F3N3O2S/c1-2-16-6(17)4-3-13-14(7(12)15)5(4)8(9,10)11/h3H,2H2,1H3,(H2,12,15). The summed E-state index contributed by atoms with van der Waals surface area (Å²) in [4.78, 5) is 10.8. The highest BCUT2D eigenvalue weighted by molar-refractivity contribution is 7.80. The highest BCUT2D eigenvalue weighted by Crippen LogP contribution is 2.32. The molecule has 17 heavy (non-hydrogen) atoms. The number of hydrogen-bond donors (Lipinski definition) is 1. The van der Waals surface area contributed by atoms with Gasteiger partial charge in [0, 0.05) is 0 Å². The predicted octanol–water partition coefficient (Wildman–Crippen LogP) is 1.54. The van der Waals surface area contributed by atoms with Crippen molar-refractivity contribution in [2.24, 2.45) is 5.73 Å². The van der Waals surface area contributed by atoms with E-state index in [0.29, 0.717) is 0 Å². The number of halogens is 3. The lowest BCUT2D eigenvalue weighted by atomic mass is 10.2. The van der Waals surface area contributed by atoms with Crippen LogP contribution < -0.4 is 5.73 Å². The van der Waals surface area contributed by atoms with Gasteiger partial charge in [-0.1, -0.05) is 0 Å². The maximum absolute atomic E-state index is 12.7. The summed E-state index contributed by atoms with van der Waals surface area (Å²) in [5.41, 5.74) is 2.97. The number of carbonyl (C=O) groups excluding carboxylic acids is 1. The summed E-state index contributed by atoms with van der Waals surface area (Å²) >= 11 is 4.65. The topological polar surface area (TPSA) is 70.1 Å². The van der Waals surface area contributed by atoms with Crippen molar-refractivity contribution in [1.29, 1.82) is 0 Å². The number of thiocarbonyl (C=S) groups is 1. The molecule has 0 radical (unpaired) electrons. The van der Waals surface area contributed by atoms with Gasteiger partial charge in [0.05, 0.1) is 18.4 Å². The van der Waals surface area contributed by atoms with Gasteiger partial charge in [-0.15, -0.1) is 0 Å². The first-order valence-corrected chi connectivity index (χ1v) is 4.82. The van der Waals surface area contributed by atoms with Crippen molar-refractivity contribution in [1.82, 2.24) is 9.78 Å². The van der Waals surface area contributed by atoms with E-state index in [1.165, 1.54) is 0 Å². The van der Waals surface area contributed by atoms with Gasteiger partial charge in [0.2, 0.25) is 0 Å². The van der Waals surface area contributed by atoms with Crippen molar-refractivity contribution in [3.63, 3.8) is 0 Å². The average molecular weight is 267 g/mol. The molecule has 5 nitrogen and oxygen atoms in total. The molecule has 1 amide bonds. The van der Waals surface area contributed by atoms with E-state index in [0.717, 1.165) is 6.20 Å². The third kappa shape index (κ3) is 2.73. The van der Waals surface area contributed by atoms with Crippen LogP contribution in [0.25, 0.3) is 0 Å². The van der Waals surface area contributed by atoms with Gasteiger partial charge in [0.1, 0.15) is 0 Å². The van der Waals surface area contributed by atoms with Gasteiger partial charge in [-0.05, 0) is 19.1 Å². The first kappa shape index (κ1) is 13.4. The number of amides is 1. The summed E-state index contributed by atoms with van der Waals surface area (Å²) in [6.45, 7) is 1.68. The Hall–Kier alpha value is -1.64. The van der Waals surface area contributed by atoms with Gasteiger partial charge < -0.3 is 10.5 Å². The van der Waals surface area contributed by atoms with E-state index in [1.54, 1.807) is 6.92 Å². The Morgan fingerprint density at radius 2 is 2.24 bits per heavy atom. The van der Waals surface area contributed by atoms with Crippen LogP contribution in [0.15, 0.2) is 6.20 Å². The lowest BCUT2D eigenvalue weighted by Gasteiger charge is -2.10. The van der Waals surface area contributed by atoms with Crippen molar-refractivity contribution in [2.45, 2.75) is 13.1 Å². The van der Waals surface area contributed by atoms with Crippen LogP contribution >= 0.6 is 12.2 Å². The number of aromatic nitrogens is 2. The van der Waals surface area contributed by atoms with Gasteiger partial charge in [-0.25, -0.2) is 4.79 Å². The lowest BCUT2D eigenvalue weighted by molar-refractivity contribution is -0.143. The predicted molar refractivity (Wildman–Crippen MR) is 55.5 cm³/mol. The second-order valence-corrected chi connectivity index (χ2v) is 3.25. The van der Waals surface area contributed by atoms with Crippen LogP contribution in [0.5, 0.6) is 0 Å². The first-order valence-electron chi connectivity index (χ1n) is 4.41. The number of nitrogens with zero attached hydrogens (tertiary/aromatic N) is 2. The van der Waals surface area contributed by atoms with Crippen molar-refractivity contribution in [3.8, 4) is 0 Å². The SMILES string of the molecule is CCOC(=S)c1cnn(C(N)=O)c1C(F)(F)F. The molecule has 2 N–H and O–H groups in total. The molecule has 9 heteroatoms. The van der Waals surface area contributed by atoms with Crippen LogP contribution in [0.1, 0.15) is 18.2 Å². The van der Waals surface area contributed by atoms with Crippen LogP contribution in [0.2, 0.25) is 0 Å². The second-order valence-electron chi connectivity index (χ2n) is 2.88. The molecular weight excluding hydrogens is 259 g/mol. The number of carbonyl (C=O) groups is 1. The Bertz CT molecular complexity index is 455. The van der Waals surface area contributed by atoms with Gasteiger partial charge >= 0.3 is 12.2 Å². The van der Waals surface area contributed by atoms with E-state index < -0.39 is 23.5 Å². The van der Waals surface area contributed by atoms with Crippen LogP contribution in [0.3, 0.4) is 0 Å². The van der Waals surface area contributed by atoms with Crippen molar-refractivity contribution in [3.05, 3.63) is 17.5 Å². The summed E-state index contributed by atoms with van der Waals surface area (Å²) in [5.74, 6) is 0. The Labute approximate surface area is 99.3 Å². The van der Waals surface area contributed by atoms with Crippen molar-refractivity contribution >= 4 is 23.3 Å². The molecule has 0 atom stereocenters. The smallest absolute Gasteiger partial charge is 0.434 e. The number of rotatable bonds is 2. The zero-order valence-electron chi connectivity index (χ0n) is 8.61. The normalized spacial score (nSPS) is 11.3. The Morgan fingerprint density at radius 1 is 1.65 bits per heavy atom. The molecule has 0 aliphatic carbocycles. The highest BCUT2D eigenvalue weighted by Gasteiger charge is 2.40. The van der Waals surface area contributed by atoms with Gasteiger partial charge in [0.15, 0.2) is 10.7 Å². The Morgan fingerprint density at radius 3 is 2.65 bits per heavy atom. The molecule has 0 unspecified atom stereocenters. The van der Waals surface area contributed by atoms with E-state index in [-0.39, 0.29) is 16.3 Å². The maximum Gasteiger partial charge on any atom is 0.434 e. The molecule has 0 saturated heterocycles. The molecule has 0 aliphatic rings. The van der Waals surface area contributed by atoms with Crippen LogP contribution in [0, 0.1) is 0 Å². The van der Waals surface area contributed by atoms with Gasteiger partial charge in [0.25, 0.3) is 0 Å². The molecule has 0 spiro atoms.